The number of carbonyl (C=O) groups excluding carboxylic acids is 3. The largest absolute Gasteiger partial charge is 0.374 e. The van der Waals surface area contributed by atoms with Gasteiger partial charge in [-0.15, -0.1) is 0 Å². The van der Waals surface area contributed by atoms with Gasteiger partial charge in [0.2, 0.25) is 17.7 Å². The molecule has 8 heteroatoms. The van der Waals surface area contributed by atoms with Crippen LogP contribution in [0, 0.1) is 5.82 Å². The van der Waals surface area contributed by atoms with E-state index in [4.69, 9.17) is 0 Å². The molecule has 1 aliphatic rings. The minimum Gasteiger partial charge on any atom is -0.374 e. The van der Waals surface area contributed by atoms with Gasteiger partial charge in [-0.2, -0.15) is 0 Å². The number of rotatable bonds is 5. The first-order chi connectivity index (χ1) is 12.7. The molecule has 3 amide bonds. The van der Waals surface area contributed by atoms with Crippen LogP contribution < -0.4 is 4.90 Å². The van der Waals surface area contributed by atoms with Gasteiger partial charge in [-0.1, -0.05) is 0 Å². The van der Waals surface area contributed by atoms with Gasteiger partial charge in [-0.25, -0.2) is 4.39 Å². The molecule has 1 aromatic rings. The molecular weight excluding hydrogens is 351 g/mol. The molecule has 1 atom stereocenters. The highest BCUT2D eigenvalue weighted by molar-refractivity contribution is 5.89. The molecule has 0 N–H and O–H groups in total. The molecule has 0 radical (unpaired) electrons. The number of amides is 3. The Balaban J connectivity index is 2.02. The molecule has 1 heterocycles. The normalized spacial score (nSPS) is 16.9. The Morgan fingerprint density at radius 2 is 1.74 bits per heavy atom. The van der Waals surface area contributed by atoms with Gasteiger partial charge in [0, 0.05) is 59.8 Å². The smallest absolute Gasteiger partial charge is 0.246 e. The van der Waals surface area contributed by atoms with E-state index in [-0.39, 0.29) is 36.5 Å². The van der Waals surface area contributed by atoms with E-state index in [0.717, 1.165) is 5.69 Å². The molecule has 1 unspecified atom stereocenters. The number of hydrogen-bond acceptors (Lipinski definition) is 4. The van der Waals surface area contributed by atoms with Gasteiger partial charge in [0.1, 0.15) is 11.9 Å². The molecule has 2 rings (SSSR count). The van der Waals surface area contributed by atoms with Crippen molar-refractivity contribution in [3.05, 3.63) is 30.1 Å². The van der Waals surface area contributed by atoms with Crippen LogP contribution in [0.3, 0.4) is 0 Å². The molecule has 27 heavy (non-hydrogen) atoms. The van der Waals surface area contributed by atoms with Crippen molar-refractivity contribution in [3.8, 4) is 0 Å². The maximum Gasteiger partial charge on any atom is 0.246 e. The Morgan fingerprint density at radius 3 is 2.30 bits per heavy atom. The fraction of sp³-hybridized carbons (Fsp3) is 0.526. The molecular formula is C19H27FN4O3. The number of halogens is 1. The van der Waals surface area contributed by atoms with Crippen LogP contribution in [0.2, 0.25) is 0 Å². The predicted octanol–water partition coefficient (Wildman–Crippen LogP) is 0.800. The maximum atomic E-state index is 13.0. The number of nitrogens with zero attached hydrogens (tertiary/aromatic N) is 4. The first kappa shape index (κ1) is 20.7. The summed E-state index contributed by atoms with van der Waals surface area (Å²) in [5.74, 6) is -0.736. The number of piperazine rings is 1. The summed E-state index contributed by atoms with van der Waals surface area (Å²) in [4.78, 5) is 43.4. The third kappa shape index (κ3) is 5.18. The van der Waals surface area contributed by atoms with Crippen molar-refractivity contribution in [3.63, 3.8) is 0 Å². The predicted molar refractivity (Wildman–Crippen MR) is 101 cm³/mol. The van der Waals surface area contributed by atoms with E-state index in [1.165, 1.54) is 24.0 Å². The van der Waals surface area contributed by atoms with Crippen molar-refractivity contribution in [1.29, 1.82) is 0 Å². The summed E-state index contributed by atoms with van der Waals surface area (Å²) in [5.41, 5.74) is 0.812. The summed E-state index contributed by atoms with van der Waals surface area (Å²) < 4.78 is 13.0. The van der Waals surface area contributed by atoms with Gasteiger partial charge in [0.15, 0.2) is 0 Å². The fourth-order valence-corrected chi connectivity index (χ4v) is 3.11. The Kier molecular flexibility index (Phi) is 6.76. The Bertz CT molecular complexity index is 693. The lowest BCUT2D eigenvalue weighted by molar-refractivity contribution is -0.151. The van der Waals surface area contributed by atoms with Crippen LogP contribution in [0.4, 0.5) is 10.1 Å². The van der Waals surface area contributed by atoms with Gasteiger partial charge >= 0.3 is 0 Å². The fourth-order valence-electron chi connectivity index (χ4n) is 3.11. The molecule has 7 nitrogen and oxygen atoms in total. The van der Waals surface area contributed by atoms with E-state index in [1.54, 1.807) is 36.0 Å². The SMILES string of the molecule is CC(=O)N1CCN(C(=O)CCN(C)c2ccc(F)cc2)C(C(=O)N(C)C)C1. The van der Waals surface area contributed by atoms with Gasteiger partial charge in [0.05, 0.1) is 6.54 Å². The monoisotopic (exact) mass is 378 g/mol. The molecule has 1 aromatic carbocycles. The van der Waals surface area contributed by atoms with E-state index in [1.807, 2.05) is 11.9 Å². The van der Waals surface area contributed by atoms with Gasteiger partial charge in [-0.3, -0.25) is 14.4 Å². The zero-order chi connectivity index (χ0) is 20.1. The van der Waals surface area contributed by atoms with Crippen molar-refractivity contribution in [2.24, 2.45) is 0 Å². The van der Waals surface area contributed by atoms with E-state index >= 15 is 0 Å². The van der Waals surface area contributed by atoms with Crippen LogP contribution in [0.25, 0.3) is 0 Å². The van der Waals surface area contributed by atoms with Crippen LogP contribution in [-0.4, -0.2) is 85.8 Å². The number of carbonyl (C=O) groups is 3. The topological polar surface area (TPSA) is 64.2 Å². The highest BCUT2D eigenvalue weighted by Gasteiger charge is 2.36. The average Bonchev–Trinajstić information content (AvgIpc) is 2.65. The number of anilines is 1. The molecule has 1 saturated heterocycles. The van der Waals surface area contributed by atoms with Gasteiger partial charge < -0.3 is 19.6 Å². The summed E-state index contributed by atoms with van der Waals surface area (Å²) >= 11 is 0. The average molecular weight is 378 g/mol. The van der Waals surface area contributed by atoms with Crippen LogP contribution in [-0.2, 0) is 14.4 Å². The number of benzene rings is 1. The van der Waals surface area contributed by atoms with Gasteiger partial charge in [-0.05, 0) is 24.3 Å². The molecule has 0 aromatic heterocycles. The number of likely N-dealkylation sites (N-methyl/N-ethyl adjacent to an activating group) is 1. The zero-order valence-corrected chi connectivity index (χ0v) is 16.3. The summed E-state index contributed by atoms with van der Waals surface area (Å²) in [6.07, 6.45) is 0.227. The van der Waals surface area contributed by atoms with E-state index in [0.29, 0.717) is 19.6 Å². The van der Waals surface area contributed by atoms with Crippen LogP contribution in [0.5, 0.6) is 0 Å². The van der Waals surface area contributed by atoms with Crippen molar-refractivity contribution in [2.45, 2.75) is 19.4 Å². The summed E-state index contributed by atoms with van der Waals surface area (Å²) in [7, 11) is 5.11. The summed E-state index contributed by atoms with van der Waals surface area (Å²) in [6, 6.07) is 5.40. The standard InChI is InChI=1S/C19H27FN4O3/c1-14(25)23-11-12-24(17(13-23)19(27)21(2)3)18(26)9-10-22(4)16-7-5-15(20)6-8-16/h5-8,17H,9-13H2,1-4H3. The minimum atomic E-state index is -0.665. The molecule has 148 valence electrons. The summed E-state index contributed by atoms with van der Waals surface area (Å²) in [6.45, 7) is 2.88. The minimum absolute atomic E-state index is 0.102. The second-order valence-corrected chi connectivity index (χ2v) is 6.95. The maximum absolute atomic E-state index is 13.0. The van der Waals surface area contributed by atoms with Crippen molar-refractivity contribution >= 4 is 23.4 Å². The van der Waals surface area contributed by atoms with Crippen molar-refractivity contribution in [1.82, 2.24) is 14.7 Å². The molecule has 1 aliphatic heterocycles. The van der Waals surface area contributed by atoms with Gasteiger partial charge in [0.25, 0.3) is 0 Å². The molecule has 1 fully saturated rings. The molecule has 0 spiro atoms. The second-order valence-electron chi connectivity index (χ2n) is 6.95. The van der Waals surface area contributed by atoms with Crippen molar-refractivity contribution < 1.29 is 18.8 Å². The van der Waals surface area contributed by atoms with E-state index < -0.39 is 6.04 Å². The lowest BCUT2D eigenvalue weighted by atomic mass is 10.1. The highest BCUT2D eigenvalue weighted by Crippen LogP contribution is 2.16. The Morgan fingerprint density at radius 1 is 1.11 bits per heavy atom. The Hall–Kier alpha value is -2.64. The lowest BCUT2D eigenvalue weighted by Crippen LogP contribution is -2.61. The van der Waals surface area contributed by atoms with E-state index in [9.17, 15) is 18.8 Å². The van der Waals surface area contributed by atoms with Crippen LogP contribution in [0.15, 0.2) is 24.3 Å². The van der Waals surface area contributed by atoms with Crippen molar-refractivity contribution in [2.75, 3.05) is 52.2 Å². The summed E-state index contributed by atoms with van der Waals surface area (Å²) in [5, 5.41) is 0. The van der Waals surface area contributed by atoms with Crippen LogP contribution >= 0.6 is 0 Å². The lowest BCUT2D eigenvalue weighted by Gasteiger charge is -2.41. The third-order valence-electron chi connectivity index (χ3n) is 4.80. The quantitative estimate of drug-likeness (QED) is 0.760. The van der Waals surface area contributed by atoms with E-state index in [2.05, 4.69) is 0 Å². The first-order valence-corrected chi connectivity index (χ1v) is 8.93. The first-order valence-electron chi connectivity index (χ1n) is 8.93. The molecule has 0 bridgehead atoms. The highest BCUT2D eigenvalue weighted by atomic mass is 19.1. The third-order valence-corrected chi connectivity index (χ3v) is 4.80. The second kappa shape index (κ2) is 8.83. The zero-order valence-electron chi connectivity index (χ0n) is 16.3. The number of hydrogen-bond donors (Lipinski definition) is 0. The Labute approximate surface area is 159 Å². The van der Waals surface area contributed by atoms with Crippen LogP contribution in [0.1, 0.15) is 13.3 Å². The molecule has 0 saturated carbocycles. The molecule has 0 aliphatic carbocycles.